The second kappa shape index (κ2) is 7.15. The number of rotatable bonds is 2. The molecule has 7 heteroatoms. The Morgan fingerprint density at radius 2 is 1.89 bits per heavy atom. The van der Waals surface area contributed by atoms with Gasteiger partial charge in [0.15, 0.2) is 5.82 Å². The highest BCUT2D eigenvalue weighted by atomic mass is 35.5. The number of nitrogens with zero attached hydrogens (tertiary/aromatic N) is 2. The minimum absolute atomic E-state index is 0. The third kappa shape index (κ3) is 3.31. The number of H-pyrrole nitrogens is 1. The fourth-order valence-corrected chi connectivity index (χ4v) is 3.91. The van der Waals surface area contributed by atoms with Gasteiger partial charge in [0.05, 0.1) is 24.2 Å². The third-order valence-corrected chi connectivity index (χ3v) is 5.51. The highest BCUT2D eigenvalue weighted by Gasteiger charge is 2.41. The van der Waals surface area contributed by atoms with E-state index in [1.54, 1.807) is 0 Å². The van der Waals surface area contributed by atoms with E-state index in [2.05, 4.69) is 22.3 Å². The summed E-state index contributed by atoms with van der Waals surface area (Å²) in [6.07, 6.45) is 2.52. The molecule has 2 aliphatic rings. The Morgan fingerprint density at radius 3 is 2.70 bits per heavy atom. The standard InChI is InChI=1S/C20H18ClN3O2.ClH/c21-15-4-2-1-3-14(15)13-5-6-16-17(11-13)23-19(22-16)18-12-20(26-24-18)7-9-25-10-8-20;/h1-6,11H,7-10,12H2,(H,22,23);1H. The van der Waals surface area contributed by atoms with E-state index >= 15 is 0 Å². The molecule has 0 amide bonds. The quantitative estimate of drug-likeness (QED) is 0.656. The number of aromatic nitrogens is 2. The average Bonchev–Trinajstić information content (AvgIpc) is 3.26. The number of benzene rings is 2. The van der Waals surface area contributed by atoms with Gasteiger partial charge in [-0.2, -0.15) is 0 Å². The minimum atomic E-state index is -0.213. The number of aromatic amines is 1. The van der Waals surface area contributed by atoms with E-state index in [-0.39, 0.29) is 18.0 Å². The van der Waals surface area contributed by atoms with Gasteiger partial charge in [-0.15, -0.1) is 12.4 Å². The molecule has 3 aromatic rings. The zero-order valence-electron chi connectivity index (χ0n) is 14.6. The monoisotopic (exact) mass is 403 g/mol. The van der Waals surface area contributed by atoms with Gasteiger partial charge in [-0.25, -0.2) is 4.98 Å². The molecule has 2 aliphatic heterocycles. The predicted molar refractivity (Wildman–Crippen MR) is 109 cm³/mol. The van der Waals surface area contributed by atoms with Gasteiger partial charge in [-0.05, 0) is 23.8 Å². The van der Waals surface area contributed by atoms with Crippen molar-refractivity contribution in [1.82, 2.24) is 9.97 Å². The highest BCUT2D eigenvalue weighted by Crippen LogP contribution is 2.35. The first-order valence-corrected chi connectivity index (χ1v) is 9.18. The van der Waals surface area contributed by atoms with Gasteiger partial charge in [0.2, 0.25) is 0 Å². The second-order valence-corrected chi connectivity index (χ2v) is 7.31. The molecule has 1 aromatic heterocycles. The molecule has 2 aromatic carbocycles. The SMILES string of the molecule is Cl.Clc1ccccc1-c1ccc2[nH]c(C3=NOC4(CCOCC4)C3)nc2c1. The van der Waals surface area contributed by atoms with Crippen LogP contribution in [-0.4, -0.2) is 34.5 Å². The van der Waals surface area contributed by atoms with E-state index in [1.165, 1.54) is 0 Å². The van der Waals surface area contributed by atoms with Crippen molar-refractivity contribution in [3.05, 3.63) is 53.3 Å². The molecule has 0 radical (unpaired) electrons. The number of ether oxygens (including phenoxy) is 1. The Morgan fingerprint density at radius 1 is 1.07 bits per heavy atom. The third-order valence-electron chi connectivity index (χ3n) is 5.18. The molecule has 1 fully saturated rings. The minimum Gasteiger partial charge on any atom is -0.388 e. The van der Waals surface area contributed by atoms with E-state index in [1.807, 2.05) is 30.3 Å². The van der Waals surface area contributed by atoms with Crippen LogP contribution in [-0.2, 0) is 9.57 Å². The van der Waals surface area contributed by atoms with Crippen molar-refractivity contribution < 1.29 is 9.57 Å². The van der Waals surface area contributed by atoms with Crippen LogP contribution in [0, 0.1) is 0 Å². The summed E-state index contributed by atoms with van der Waals surface area (Å²) in [6.45, 7) is 1.45. The lowest BCUT2D eigenvalue weighted by molar-refractivity contribution is -0.0919. The molecule has 1 saturated heterocycles. The molecule has 0 unspecified atom stereocenters. The maximum absolute atomic E-state index is 6.33. The van der Waals surface area contributed by atoms with Crippen LogP contribution in [0.3, 0.4) is 0 Å². The number of imidazole rings is 1. The zero-order valence-corrected chi connectivity index (χ0v) is 16.1. The van der Waals surface area contributed by atoms with E-state index in [0.717, 1.165) is 71.2 Å². The molecule has 0 aliphatic carbocycles. The molecule has 0 saturated carbocycles. The van der Waals surface area contributed by atoms with Crippen molar-refractivity contribution in [3.8, 4) is 11.1 Å². The fraction of sp³-hybridized carbons (Fsp3) is 0.300. The largest absolute Gasteiger partial charge is 0.388 e. The summed E-state index contributed by atoms with van der Waals surface area (Å²) in [5.74, 6) is 0.777. The second-order valence-electron chi connectivity index (χ2n) is 6.90. The summed E-state index contributed by atoms with van der Waals surface area (Å²) in [5.41, 5.74) is 4.59. The topological polar surface area (TPSA) is 59.5 Å². The van der Waals surface area contributed by atoms with Crippen LogP contribution < -0.4 is 0 Å². The van der Waals surface area contributed by atoms with Gasteiger partial charge in [0.1, 0.15) is 11.3 Å². The lowest BCUT2D eigenvalue weighted by Crippen LogP contribution is -2.36. The molecule has 3 heterocycles. The smallest absolute Gasteiger partial charge is 0.156 e. The molecule has 1 spiro atoms. The Bertz CT molecular complexity index is 1010. The molecule has 5 nitrogen and oxygen atoms in total. The number of fused-ring (bicyclic) bond motifs is 1. The number of oxime groups is 1. The van der Waals surface area contributed by atoms with Crippen LogP contribution in [0.2, 0.25) is 5.02 Å². The maximum Gasteiger partial charge on any atom is 0.156 e. The average molecular weight is 404 g/mol. The van der Waals surface area contributed by atoms with Gasteiger partial charge in [-0.3, -0.25) is 0 Å². The number of halogens is 2. The van der Waals surface area contributed by atoms with Crippen LogP contribution in [0.1, 0.15) is 25.1 Å². The first kappa shape index (κ1) is 18.3. The van der Waals surface area contributed by atoms with Gasteiger partial charge in [0, 0.05) is 29.8 Å². The van der Waals surface area contributed by atoms with Crippen molar-refractivity contribution in [2.24, 2.45) is 5.16 Å². The van der Waals surface area contributed by atoms with Crippen molar-refractivity contribution in [3.63, 3.8) is 0 Å². The predicted octanol–water partition coefficient (Wildman–Crippen LogP) is 4.98. The molecule has 0 atom stereocenters. The van der Waals surface area contributed by atoms with Crippen LogP contribution in [0.5, 0.6) is 0 Å². The molecule has 140 valence electrons. The van der Waals surface area contributed by atoms with Gasteiger partial charge in [0.25, 0.3) is 0 Å². The molecular weight excluding hydrogens is 385 g/mol. The lowest BCUT2D eigenvalue weighted by Gasteiger charge is -2.30. The Kier molecular flexibility index (Phi) is 4.84. The Hall–Kier alpha value is -2.08. The summed E-state index contributed by atoms with van der Waals surface area (Å²) in [7, 11) is 0. The number of nitrogens with one attached hydrogen (secondary N) is 1. The summed E-state index contributed by atoms with van der Waals surface area (Å²) in [6, 6.07) is 14.0. The first-order valence-electron chi connectivity index (χ1n) is 8.80. The van der Waals surface area contributed by atoms with E-state index < -0.39 is 0 Å². The lowest BCUT2D eigenvalue weighted by atomic mass is 9.89. The molecule has 27 heavy (non-hydrogen) atoms. The molecule has 5 rings (SSSR count). The van der Waals surface area contributed by atoms with Crippen LogP contribution in [0.15, 0.2) is 47.6 Å². The van der Waals surface area contributed by atoms with Crippen molar-refractivity contribution >= 4 is 40.8 Å². The van der Waals surface area contributed by atoms with Crippen molar-refractivity contribution in [2.45, 2.75) is 24.9 Å². The van der Waals surface area contributed by atoms with Gasteiger partial charge >= 0.3 is 0 Å². The van der Waals surface area contributed by atoms with E-state index in [0.29, 0.717) is 0 Å². The fourth-order valence-electron chi connectivity index (χ4n) is 3.67. The number of hydrogen-bond donors (Lipinski definition) is 1. The summed E-state index contributed by atoms with van der Waals surface area (Å²) in [4.78, 5) is 13.9. The maximum atomic E-state index is 6.33. The van der Waals surface area contributed by atoms with Crippen molar-refractivity contribution in [2.75, 3.05) is 13.2 Å². The Balaban J connectivity index is 0.00000180. The van der Waals surface area contributed by atoms with Gasteiger partial charge < -0.3 is 14.6 Å². The summed E-state index contributed by atoms with van der Waals surface area (Å²) in [5, 5.41) is 5.05. The number of hydrogen-bond acceptors (Lipinski definition) is 4. The molecule has 1 N–H and O–H groups in total. The van der Waals surface area contributed by atoms with Crippen LogP contribution >= 0.6 is 24.0 Å². The zero-order chi connectivity index (χ0) is 17.6. The Labute approximate surface area is 168 Å². The highest BCUT2D eigenvalue weighted by molar-refractivity contribution is 6.33. The summed E-state index contributed by atoms with van der Waals surface area (Å²) >= 11 is 6.33. The van der Waals surface area contributed by atoms with E-state index in [9.17, 15) is 0 Å². The molecule has 0 bridgehead atoms. The first-order chi connectivity index (χ1) is 12.7. The van der Waals surface area contributed by atoms with E-state index in [4.69, 9.17) is 26.2 Å². The normalized spacial score (nSPS) is 18.2. The molecular formula is C20H19Cl2N3O2. The van der Waals surface area contributed by atoms with Crippen LogP contribution in [0.25, 0.3) is 22.2 Å². The summed E-state index contributed by atoms with van der Waals surface area (Å²) < 4.78 is 5.44. The van der Waals surface area contributed by atoms with Crippen molar-refractivity contribution in [1.29, 1.82) is 0 Å². The van der Waals surface area contributed by atoms with Gasteiger partial charge in [-0.1, -0.05) is 41.0 Å². The van der Waals surface area contributed by atoms with Crippen LogP contribution in [0.4, 0.5) is 0 Å².